The van der Waals surface area contributed by atoms with Crippen molar-refractivity contribution in [2.45, 2.75) is 51.2 Å². The molecule has 2 atom stereocenters. The first kappa shape index (κ1) is 20.5. The Morgan fingerprint density at radius 2 is 1.79 bits per heavy atom. The van der Waals surface area contributed by atoms with E-state index < -0.39 is 48.5 Å². The van der Waals surface area contributed by atoms with Gasteiger partial charge in [-0.25, -0.2) is 4.79 Å². The average Bonchev–Trinajstić information content (AvgIpc) is 2.81. The molecule has 1 saturated heterocycles. The summed E-state index contributed by atoms with van der Waals surface area (Å²) in [7, 11) is 0. The third-order valence-electron chi connectivity index (χ3n) is 3.57. The molecular formula is C13H16F6O5. The van der Waals surface area contributed by atoms with Crippen LogP contribution in [-0.2, 0) is 23.8 Å². The van der Waals surface area contributed by atoms with Gasteiger partial charge in [-0.05, 0) is 13.3 Å². The molecule has 0 saturated carbocycles. The molecule has 0 aromatic heterocycles. The van der Waals surface area contributed by atoms with Crippen LogP contribution in [0.5, 0.6) is 0 Å². The lowest BCUT2D eigenvalue weighted by Crippen LogP contribution is -2.47. The summed E-state index contributed by atoms with van der Waals surface area (Å²) in [4.78, 5) is 23.3. The molecular weight excluding hydrogens is 350 g/mol. The van der Waals surface area contributed by atoms with E-state index in [0.29, 0.717) is 0 Å². The van der Waals surface area contributed by atoms with Gasteiger partial charge in [-0.3, -0.25) is 4.79 Å². The van der Waals surface area contributed by atoms with Gasteiger partial charge in [0.25, 0.3) is 0 Å². The monoisotopic (exact) mass is 366 g/mol. The second-order valence-electron chi connectivity index (χ2n) is 5.54. The number of hydrogen-bond donors (Lipinski definition) is 0. The van der Waals surface area contributed by atoms with Gasteiger partial charge in [-0.2, -0.15) is 26.3 Å². The van der Waals surface area contributed by atoms with Crippen LogP contribution >= 0.6 is 0 Å². The molecule has 0 aromatic rings. The quantitative estimate of drug-likeness (QED) is 0.534. The second-order valence-corrected chi connectivity index (χ2v) is 5.54. The Morgan fingerprint density at radius 1 is 1.25 bits per heavy atom. The molecule has 0 bridgehead atoms. The Labute approximate surface area is 133 Å². The van der Waals surface area contributed by atoms with E-state index in [0.717, 1.165) is 6.92 Å². The van der Waals surface area contributed by atoms with Crippen molar-refractivity contribution in [3.8, 4) is 0 Å². The predicted octanol–water partition coefficient (Wildman–Crippen LogP) is 2.77. The van der Waals surface area contributed by atoms with Crippen molar-refractivity contribution in [1.29, 1.82) is 0 Å². The predicted molar refractivity (Wildman–Crippen MR) is 65.7 cm³/mol. The number of esters is 2. The van der Waals surface area contributed by atoms with E-state index in [2.05, 4.69) is 9.47 Å². The third kappa shape index (κ3) is 4.99. The van der Waals surface area contributed by atoms with Gasteiger partial charge in [0.1, 0.15) is 0 Å². The summed E-state index contributed by atoms with van der Waals surface area (Å²) in [6.45, 7) is 1.31. The lowest BCUT2D eigenvalue weighted by atomic mass is 9.88. The molecule has 0 amide bonds. The maximum Gasteiger partial charge on any atom is 0.423 e. The minimum atomic E-state index is -5.67. The Balaban J connectivity index is 2.79. The third-order valence-corrected chi connectivity index (χ3v) is 3.57. The zero-order chi connectivity index (χ0) is 18.8. The number of carbonyl (C=O) groups excluding carboxylic acids is 2. The molecule has 11 heteroatoms. The number of ether oxygens (including phenoxy) is 3. The highest BCUT2D eigenvalue weighted by atomic mass is 19.4. The number of carbonyl (C=O) groups is 2. The second kappa shape index (κ2) is 7.16. The molecule has 1 heterocycles. The zero-order valence-corrected chi connectivity index (χ0v) is 12.8. The fourth-order valence-corrected chi connectivity index (χ4v) is 1.80. The van der Waals surface area contributed by atoms with Gasteiger partial charge in [0.15, 0.2) is 0 Å². The van der Waals surface area contributed by atoms with E-state index in [1.165, 1.54) is 6.92 Å². The van der Waals surface area contributed by atoms with E-state index in [9.17, 15) is 35.9 Å². The van der Waals surface area contributed by atoms with Crippen LogP contribution in [0.25, 0.3) is 0 Å². The van der Waals surface area contributed by atoms with E-state index in [4.69, 9.17) is 4.74 Å². The summed E-state index contributed by atoms with van der Waals surface area (Å²) < 4.78 is 88.1. The smallest absolute Gasteiger partial charge is 0.423 e. The minimum absolute atomic E-state index is 0.0142. The van der Waals surface area contributed by atoms with Gasteiger partial charge >= 0.3 is 24.3 Å². The highest BCUT2D eigenvalue weighted by Crippen LogP contribution is 2.37. The Morgan fingerprint density at radius 3 is 2.17 bits per heavy atom. The Hall–Kier alpha value is -1.52. The molecule has 0 N–H and O–H groups in total. The molecule has 0 radical (unpaired) electrons. The zero-order valence-electron chi connectivity index (χ0n) is 12.8. The molecule has 1 aliphatic heterocycles. The van der Waals surface area contributed by atoms with Crippen LogP contribution in [0.3, 0.4) is 0 Å². The van der Waals surface area contributed by atoms with E-state index >= 15 is 0 Å². The van der Waals surface area contributed by atoms with E-state index in [1.807, 2.05) is 0 Å². The van der Waals surface area contributed by atoms with Crippen molar-refractivity contribution >= 4 is 11.9 Å². The van der Waals surface area contributed by atoms with Crippen LogP contribution in [0, 0.1) is 5.41 Å². The highest BCUT2D eigenvalue weighted by molar-refractivity contribution is 5.83. The maximum absolute atomic E-state index is 12.5. The SMILES string of the molecule is CCC(C)(COC(C(F)(F)F)C(F)(F)F)C(=O)OC1CCOC1=O. The average molecular weight is 366 g/mol. The van der Waals surface area contributed by atoms with Crippen molar-refractivity contribution in [2.75, 3.05) is 13.2 Å². The summed E-state index contributed by atoms with van der Waals surface area (Å²) in [5.41, 5.74) is -1.78. The van der Waals surface area contributed by atoms with Crippen molar-refractivity contribution < 1.29 is 50.1 Å². The summed E-state index contributed by atoms with van der Waals surface area (Å²) in [6, 6.07) is 0. The van der Waals surface area contributed by atoms with E-state index in [1.54, 1.807) is 0 Å². The molecule has 2 unspecified atom stereocenters. The summed E-state index contributed by atoms with van der Waals surface area (Å²) in [5.74, 6) is -1.94. The van der Waals surface area contributed by atoms with Crippen LogP contribution < -0.4 is 0 Å². The topological polar surface area (TPSA) is 61.8 Å². The standard InChI is InChI=1S/C13H16F6O5/c1-3-11(2,10(21)24-7-4-5-22-8(7)20)6-23-9(12(14,15)16)13(17,18)19/h7,9H,3-6H2,1-2H3. The van der Waals surface area contributed by atoms with Gasteiger partial charge < -0.3 is 14.2 Å². The first-order valence-corrected chi connectivity index (χ1v) is 6.94. The number of rotatable bonds is 6. The number of alkyl halides is 6. The van der Waals surface area contributed by atoms with Crippen LogP contribution in [0.1, 0.15) is 26.7 Å². The van der Waals surface area contributed by atoms with Crippen molar-refractivity contribution in [3.05, 3.63) is 0 Å². The normalized spacial score (nSPS) is 21.5. The largest absolute Gasteiger partial charge is 0.463 e. The van der Waals surface area contributed by atoms with Gasteiger partial charge in [-0.15, -0.1) is 0 Å². The first-order chi connectivity index (χ1) is 10.8. The van der Waals surface area contributed by atoms with Crippen LogP contribution in [0.4, 0.5) is 26.3 Å². The van der Waals surface area contributed by atoms with Gasteiger partial charge in [0.05, 0.1) is 18.6 Å². The lowest BCUT2D eigenvalue weighted by Gasteiger charge is -2.30. The van der Waals surface area contributed by atoms with Crippen molar-refractivity contribution in [2.24, 2.45) is 5.41 Å². The van der Waals surface area contributed by atoms with Crippen LogP contribution in [-0.4, -0.2) is 49.7 Å². The number of hydrogen-bond acceptors (Lipinski definition) is 5. The van der Waals surface area contributed by atoms with Crippen molar-refractivity contribution in [3.63, 3.8) is 0 Å². The number of halogens is 6. The van der Waals surface area contributed by atoms with Gasteiger partial charge in [0.2, 0.25) is 12.2 Å². The first-order valence-electron chi connectivity index (χ1n) is 6.94. The summed E-state index contributed by atoms with van der Waals surface area (Å²) >= 11 is 0. The van der Waals surface area contributed by atoms with Gasteiger partial charge in [-0.1, -0.05) is 6.92 Å². The lowest BCUT2D eigenvalue weighted by molar-refractivity contribution is -0.325. The van der Waals surface area contributed by atoms with Crippen LogP contribution in [0.2, 0.25) is 0 Å². The van der Waals surface area contributed by atoms with Crippen LogP contribution in [0.15, 0.2) is 0 Å². The van der Waals surface area contributed by atoms with Crippen molar-refractivity contribution in [1.82, 2.24) is 0 Å². The molecule has 0 spiro atoms. The minimum Gasteiger partial charge on any atom is -0.463 e. The maximum atomic E-state index is 12.5. The van der Waals surface area contributed by atoms with Gasteiger partial charge in [0, 0.05) is 6.42 Å². The Bertz CT molecular complexity index is 460. The number of cyclic esters (lactones) is 1. The molecule has 1 aliphatic rings. The summed E-state index contributed by atoms with van der Waals surface area (Å²) in [6.07, 6.45) is -16.7. The highest BCUT2D eigenvalue weighted by Gasteiger charge is 2.58. The molecule has 140 valence electrons. The molecule has 24 heavy (non-hydrogen) atoms. The molecule has 1 fully saturated rings. The molecule has 0 aromatic carbocycles. The Kier molecular flexibility index (Phi) is 6.12. The summed E-state index contributed by atoms with van der Waals surface area (Å²) in [5, 5.41) is 0. The molecule has 0 aliphatic carbocycles. The fourth-order valence-electron chi connectivity index (χ4n) is 1.80. The fraction of sp³-hybridized carbons (Fsp3) is 0.846. The van der Waals surface area contributed by atoms with E-state index in [-0.39, 0.29) is 19.4 Å². The molecule has 1 rings (SSSR count). The molecule has 5 nitrogen and oxygen atoms in total.